The second-order valence-corrected chi connectivity index (χ2v) is 4.50. The van der Waals surface area contributed by atoms with Gasteiger partial charge in [0.05, 0.1) is 12.2 Å². The summed E-state index contributed by atoms with van der Waals surface area (Å²) >= 11 is 0. The van der Waals surface area contributed by atoms with Gasteiger partial charge in [0.1, 0.15) is 5.58 Å². The molecule has 3 aromatic rings. The van der Waals surface area contributed by atoms with Crippen LogP contribution in [0.5, 0.6) is 0 Å². The monoisotopic (exact) mass is 242 g/mol. The molecule has 3 rings (SSSR count). The lowest BCUT2D eigenvalue weighted by Crippen LogP contribution is -2.04. The maximum atomic E-state index is 5.73. The molecule has 4 nitrogen and oxygen atoms in total. The lowest BCUT2D eigenvalue weighted by Gasteiger charge is -1.95. The smallest absolute Gasteiger partial charge is 0.211 e. The van der Waals surface area contributed by atoms with Crippen LogP contribution in [-0.4, -0.2) is 4.98 Å². The molecule has 18 heavy (non-hydrogen) atoms. The van der Waals surface area contributed by atoms with Gasteiger partial charge in [0.25, 0.3) is 0 Å². The molecule has 0 saturated heterocycles. The molecule has 1 aromatic carbocycles. The van der Waals surface area contributed by atoms with Crippen LogP contribution in [0, 0.1) is 6.92 Å². The summed E-state index contributed by atoms with van der Waals surface area (Å²) in [5, 5.41) is 1.06. The SMILES string of the molecule is Cc1ccc2oc(-c3cnc(C(C)N)o3)cc2c1. The fraction of sp³-hybridized carbons (Fsp3) is 0.214. The molecule has 0 spiro atoms. The van der Waals surface area contributed by atoms with Crippen molar-refractivity contribution >= 4 is 11.0 Å². The summed E-state index contributed by atoms with van der Waals surface area (Å²) in [6, 6.07) is 7.78. The topological polar surface area (TPSA) is 65.2 Å². The van der Waals surface area contributed by atoms with Crippen LogP contribution in [0.2, 0.25) is 0 Å². The van der Waals surface area contributed by atoms with Crippen molar-refractivity contribution in [2.24, 2.45) is 5.73 Å². The van der Waals surface area contributed by atoms with E-state index in [1.807, 2.05) is 25.1 Å². The number of fused-ring (bicyclic) bond motifs is 1. The summed E-state index contributed by atoms with van der Waals surface area (Å²) in [5.41, 5.74) is 7.75. The molecule has 2 N–H and O–H groups in total. The maximum Gasteiger partial charge on any atom is 0.211 e. The first-order valence-corrected chi connectivity index (χ1v) is 5.85. The Morgan fingerprint density at radius 2 is 2.00 bits per heavy atom. The van der Waals surface area contributed by atoms with Crippen molar-refractivity contribution in [2.75, 3.05) is 0 Å². The Labute approximate surface area is 104 Å². The van der Waals surface area contributed by atoms with E-state index >= 15 is 0 Å². The highest BCUT2D eigenvalue weighted by molar-refractivity contribution is 5.82. The quantitative estimate of drug-likeness (QED) is 0.747. The van der Waals surface area contributed by atoms with Gasteiger partial charge in [-0.15, -0.1) is 0 Å². The predicted molar refractivity (Wildman–Crippen MR) is 69.1 cm³/mol. The number of aryl methyl sites for hydroxylation is 1. The Balaban J connectivity index is 2.07. The molecule has 2 aromatic heterocycles. The summed E-state index contributed by atoms with van der Waals surface area (Å²) in [7, 11) is 0. The molecule has 1 atom stereocenters. The average Bonchev–Trinajstić information content (AvgIpc) is 2.93. The van der Waals surface area contributed by atoms with Crippen molar-refractivity contribution in [2.45, 2.75) is 19.9 Å². The number of oxazole rings is 1. The number of nitrogens with two attached hydrogens (primary N) is 1. The number of hydrogen-bond donors (Lipinski definition) is 1. The number of benzene rings is 1. The summed E-state index contributed by atoms with van der Waals surface area (Å²) in [6.07, 6.45) is 1.64. The summed E-state index contributed by atoms with van der Waals surface area (Å²) < 4.78 is 11.3. The number of aromatic nitrogens is 1. The molecule has 0 aliphatic carbocycles. The van der Waals surface area contributed by atoms with Crippen LogP contribution in [0.25, 0.3) is 22.5 Å². The summed E-state index contributed by atoms with van der Waals surface area (Å²) in [6.45, 7) is 3.88. The van der Waals surface area contributed by atoms with Gasteiger partial charge in [0, 0.05) is 5.39 Å². The van der Waals surface area contributed by atoms with Crippen LogP contribution in [0.3, 0.4) is 0 Å². The highest BCUT2D eigenvalue weighted by atomic mass is 16.4. The molecular formula is C14H14N2O2. The van der Waals surface area contributed by atoms with Gasteiger partial charge in [-0.3, -0.25) is 0 Å². The minimum absolute atomic E-state index is 0.217. The molecule has 0 amide bonds. The molecule has 0 aliphatic rings. The number of rotatable bonds is 2. The Morgan fingerprint density at radius 3 is 2.72 bits per heavy atom. The van der Waals surface area contributed by atoms with Crippen LogP contribution in [0.1, 0.15) is 24.4 Å². The van der Waals surface area contributed by atoms with Crippen molar-refractivity contribution in [3.8, 4) is 11.5 Å². The van der Waals surface area contributed by atoms with Gasteiger partial charge in [0.2, 0.25) is 5.89 Å². The van der Waals surface area contributed by atoms with E-state index in [1.165, 1.54) is 5.56 Å². The van der Waals surface area contributed by atoms with Crippen molar-refractivity contribution in [1.29, 1.82) is 0 Å². The van der Waals surface area contributed by atoms with Crippen molar-refractivity contribution in [3.63, 3.8) is 0 Å². The normalized spacial score (nSPS) is 13.1. The molecule has 4 heteroatoms. The zero-order valence-corrected chi connectivity index (χ0v) is 10.3. The number of hydrogen-bond acceptors (Lipinski definition) is 4. The van der Waals surface area contributed by atoms with Crippen molar-refractivity contribution in [3.05, 3.63) is 41.9 Å². The van der Waals surface area contributed by atoms with E-state index in [2.05, 4.69) is 18.0 Å². The van der Waals surface area contributed by atoms with Gasteiger partial charge in [-0.1, -0.05) is 11.6 Å². The van der Waals surface area contributed by atoms with E-state index < -0.39 is 0 Å². The third kappa shape index (κ3) is 1.80. The third-order valence-electron chi connectivity index (χ3n) is 2.83. The van der Waals surface area contributed by atoms with Crippen molar-refractivity contribution in [1.82, 2.24) is 4.98 Å². The van der Waals surface area contributed by atoms with E-state index in [9.17, 15) is 0 Å². The molecular weight excluding hydrogens is 228 g/mol. The highest BCUT2D eigenvalue weighted by Crippen LogP contribution is 2.29. The van der Waals surface area contributed by atoms with E-state index in [-0.39, 0.29) is 6.04 Å². The fourth-order valence-corrected chi connectivity index (χ4v) is 1.90. The lowest BCUT2D eigenvalue weighted by atomic mass is 10.2. The molecule has 1 unspecified atom stereocenters. The first-order chi connectivity index (χ1) is 8.63. The predicted octanol–water partition coefficient (Wildman–Crippen LogP) is 3.42. The van der Waals surface area contributed by atoms with Gasteiger partial charge >= 0.3 is 0 Å². The molecule has 92 valence electrons. The van der Waals surface area contributed by atoms with Gasteiger partial charge in [-0.05, 0) is 32.0 Å². The van der Waals surface area contributed by atoms with Crippen LogP contribution in [0.4, 0.5) is 0 Å². The Morgan fingerprint density at radius 1 is 1.17 bits per heavy atom. The van der Waals surface area contributed by atoms with E-state index in [0.717, 1.165) is 11.0 Å². The molecule has 0 fully saturated rings. The largest absolute Gasteiger partial charge is 0.453 e. The van der Waals surface area contributed by atoms with E-state index in [4.69, 9.17) is 14.6 Å². The maximum absolute atomic E-state index is 5.73. The Hall–Kier alpha value is -2.07. The molecule has 2 heterocycles. The van der Waals surface area contributed by atoms with Gasteiger partial charge in [-0.25, -0.2) is 4.98 Å². The Kier molecular flexibility index (Phi) is 2.45. The number of furan rings is 1. The number of nitrogens with zero attached hydrogens (tertiary/aromatic N) is 1. The lowest BCUT2D eigenvalue weighted by molar-refractivity contribution is 0.461. The standard InChI is InChI=1S/C14H14N2O2/c1-8-3-4-11-10(5-8)6-12(17-11)13-7-16-14(18-13)9(2)15/h3-7,9H,15H2,1-2H3. The van der Waals surface area contributed by atoms with Crippen LogP contribution in [0.15, 0.2) is 39.3 Å². The van der Waals surface area contributed by atoms with E-state index in [0.29, 0.717) is 17.4 Å². The Bertz CT molecular complexity index is 695. The fourth-order valence-electron chi connectivity index (χ4n) is 1.90. The van der Waals surface area contributed by atoms with E-state index in [1.54, 1.807) is 6.20 Å². The zero-order chi connectivity index (χ0) is 12.7. The molecule has 0 radical (unpaired) electrons. The van der Waals surface area contributed by atoms with Crippen LogP contribution in [-0.2, 0) is 0 Å². The van der Waals surface area contributed by atoms with Crippen LogP contribution < -0.4 is 5.73 Å². The molecule has 0 bridgehead atoms. The minimum atomic E-state index is -0.217. The van der Waals surface area contributed by atoms with Crippen molar-refractivity contribution < 1.29 is 8.83 Å². The minimum Gasteiger partial charge on any atom is -0.453 e. The van der Waals surface area contributed by atoms with Crippen LogP contribution >= 0.6 is 0 Å². The van der Waals surface area contributed by atoms with Gasteiger partial charge in [0.15, 0.2) is 11.5 Å². The first-order valence-electron chi connectivity index (χ1n) is 5.85. The first kappa shape index (κ1) is 11.0. The highest BCUT2D eigenvalue weighted by Gasteiger charge is 2.13. The molecule has 0 saturated carbocycles. The average molecular weight is 242 g/mol. The van der Waals surface area contributed by atoms with Gasteiger partial charge < -0.3 is 14.6 Å². The molecule has 0 aliphatic heterocycles. The summed E-state index contributed by atoms with van der Waals surface area (Å²) in [5.74, 6) is 1.80. The zero-order valence-electron chi connectivity index (χ0n) is 10.3. The second kappa shape index (κ2) is 3.99. The second-order valence-electron chi connectivity index (χ2n) is 4.50. The summed E-state index contributed by atoms with van der Waals surface area (Å²) in [4.78, 5) is 4.13. The third-order valence-corrected chi connectivity index (χ3v) is 2.83. The van der Waals surface area contributed by atoms with Gasteiger partial charge in [-0.2, -0.15) is 0 Å².